The summed E-state index contributed by atoms with van der Waals surface area (Å²) in [6, 6.07) is 0. The minimum atomic E-state index is 0.372. The molecule has 0 aromatic carbocycles. The van der Waals surface area contributed by atoms with Gasteiger partial charge in [0.15, 0.2) is 0 Å². The lowest BCUT2D eigenvalue weighted by Gasteiger charge is -2.05. The van der Waals surface area contributed by atoms with Crippen molar-refractivity contribution in [1.29, 1.82) is 0 Å². The minimum Gasteiger partial charge on any atom is -0.396 e. The quantitative estimate of drug-likeness (QED) is 0.184. The molecule has 0 spiro atoms. The Bertz CT molecular complexity index is 208. The van der Waals surface area contributed by atoms with E-state index in [-0.39, 0.29) is 0 Å². The van der Waals surface area contributed by atoms with Crippen LogP contribution in [0.2, 0.25) is 0 Å². The number of aliphatic hydroxyl groups excluding tert-OH is 1. The molecule has 0 saturated carbocycles. The average molecular weight is 370 g/mol. The van der Waals surface area contributed by atoms with E-state index in [0.717, 1.165) is 6.42 Å². The first kappa shape index (κ1) is 25.9. The van der Waals surface area contributed by atoms with Crippen LogP contribution in [0.3, 0.4) is 0 Å². The third kappa shape index (κ3) is 23.9. The lowest BCUT2D eigenvalue weighted by atomic mass is 10.0. The molecule has 0 aliphatic rings. The highest BCUT2D eigenvalue weighted by Gasteiger charge is 1.95. The number of hydrogen-bond acceptors (Lipinski definition) is 2. The van der Waals surface area contributed by atoms with E-state index in [0.29, 0.717) is 6.61 Å². The van der Waals surface area contributed by atoms with Gasteiger partial charge in [0.25, 0.3) is 0 Å². The summed E-state index contributed by atoms with van der Waals surface area (Å²) in [5, 5.41) is 12.3. The second-order valence-electron chi connectivity index (χ2n) is 8.19. The number of nitrogens with one attached hydrogen (secondary N) is 1. The third-order valence-electron chi connectivity index (χ3n) is 5.47. The van der Waals surface area contributed by atoms with E-state index in [9.17, 15) is 0 Å². The maximum absolute atomic E-state index is 8.73. The van der Waals surface area contributed by atoms with E-state index in [2.05, 4.69) is 12.2 Å². The van der Waals surface area contributed by atoms with Gasteiger partial charge < -0.3 is 10.4 Å². The molecule has 0 saturated heterocycles. The predicted molar refractivity (Wildman–Crippen MR) is 118 cm³/mol. The molecule has 0 rings (SSSR count). The maximum Gasteiger partial charge on any atom is 0.0431 e. The fraction of sp³-hybridized carbons (Fsp3) is 1.00. The highest BCUT2D eigenvalue weighted by Crippen LogP contribution is 2.14. The van der Waals surface area contributed by atoms with Gasteiger partial charge in [-0.25, -0.2) is 0 Å². The molecule has 0 aromatic rings. The zero-order valence-electron chi connectivity index (χ0n) is 18.2. The van der Waals surface area contributed by atoms with Crippen molar-refractivity contribution in [2.45, 2.75) is 135 Å². The topological polar surface area (TPSA) is 32.3 Å². The minimum absolute atomic E-state index is 0.372. The van der Waals surface area contributed by atoms with Crippen LogP contribution in [0, 0.1) is 0 Å². The first-order valence-corrected chi connectivity index (χ1v) is 12.2. The van der Waals surface area contributed by atoms with Crippen molar-refractivity contribution in [1.82, 2.24) is 5.32 Å². The molecular formula is C24H51NO. The predicted octanol–water partition coefficient (Wildman–Crippen LogP) is 7.39. The van der Waals surface area contributed by atoms with Crippen molar-refractivity contribution in [2.24, 2.45) is 0 Å². The highest BCUT2D eigenvalue weighted by atomic mass is 16.2. The third-order valence-corrected chi connectivity index (χ3v) is 5.47. The van der Waals surface area contributed by atoms with Gasteiger partial charge in [-0.3, -0.25) is 0 Å². The van der Waals surface area contributed by atoms with Gasteiger partial charge in [-0.1, -0.05) is 116 Å². The zero-order valence-corrected chi connectivity index (χ0v) is 18.2. The van der Waals surface area contributed by atoms with Crippen molar-refractivity contribution in [3.63, 3.8) is 0 Å². The monoisotopic (exact) mass is 369 g/mol. The Morgan fingerprint density at radius 1 is 0.423 bits per heavy atom. The first-order chi connectivity index (χ1) is 12.9. The molecule has 2 N–H and O–H groups in total. The highest BCUT2D eigenvalue weighted by molar-refractivity contribution is 4.52. The molecule has 26 heavy (non-hydrogen) atoms. The van der Waals surface area contributed by atoms with Crippen LogP contribution in [0.4, 0.5) is 0 Å². The summed E-state index contributed by atoms with van der Waals surface area (Å²) >= 11 is 0. The summed E-state index contributed by atoms with van der Waals surface area (Å²) in [6.07, 6.45) is 27.7. The van der Waals surface area contributed by atoms with Crippen molar-refractivity contribution in [3.8, 4) is 0 Å². The van der Waals surface area contributed by atoms with Crippen molar-refractivity contribution < 1.29 is 5.11 Å². The molecule has 158 valence electrons. The van der Waals surface area contributed by atoms with Gasteiger partial charge in [-0.15, -0.1) is 0 Å². The van der Waals surface area contributed by atoms with Crippen LogP contribution in [0.15, 0.2) is 0 Å². The van der Waals surface area contributed by atoms with E-state index in [1.54, 1.807) is 0 Å². The zero-order chi connectivity index (χ0) is 19.0. The fourth-order valence-electron chi connectivity index (χ4n) is 3.62. The Labute approximate surface area is 165 Å². The Hall–Kier alpha value is -0.0800. The summed E-state index contributed by atoms with van der Waals surface area (Å²) in [4.78, 5) is 0. The molecule has 2 nitrogen and oxygen atoms in total. The molecule has 0 aliphatic carbocycles. The second kappa shape index (κ2) is 24.9. The van der Waals surface area contributed by atoms with Gasteiger partial charge in [0.1, 0.15) is 0 Å². The van der Waals surface area contributed by atoms with Crippen molar-refractivity contribution in [3.05, 3.63) is 0 Å². The molecule has 0 amide bonds. The molecule has 0 bridgehead atoms. The summed E-state index contributed by atoms with van der Waals surface area (Å²) in [7, 11) is 0. The summed E-state index contributed by atoms with van der Waals surface area (Å²) in [5.74, 6) is 0. The molecular weight excluding hydrogens is 318 g/mol. The van der Waals surface area contributed by atoms with E-state index in [4.69, 9.17) is 5.11 Å². The lowest BCUT2D eigenvalue weighted by Crippen LogP contribution is -2.16. The van der Waals surface area contributed by atoms with E-state index < -0.39 is 0 Å². The molecule has 0 heterocycles. The smallest absolute Gasteiger partial charge is 0.0431 e. The fourth-order valence-corrected chi connectivity index (χ4v) is 3.62. The molecule has 2 heteroatoms. The number of aliphatic hydroxyl groups is 1. The van der Waals surface area contributed by atoms with E-state index in [1.807, 2.05) is 0 Å². The lowest BCUT2D eigenvalue weighted by molar-refractivity contribution is 0.282. The van der Waals surface area contributed by atoms with Crippen LogP contribution < -0.4 is 5.32 Å². The van der Waals surface area contributed by atoms with Crippen LogP contribution in [0.25, 0.3) is 0 Å². The molecule has 0 unspecified atom stereocenters. The molecule has 0 aromatic heterocycles. The molecule has 0 radical (unpaired) electrons. The molecule has 0 fully saturated rings. The SMILES string of the molecule is CCCCNCCCCCCCCCCCCCCCCCCCCO. The van der Waals surface area contributed by atoms with Crippen LogP contribution in [-0.2, 0) is 0 Å². The van der Waals surface area contributed by atoms with Crippen LogP contribution in [-0.4, -0.2) is 24.8 Å². The number of rotatable bonds is 23. The second-order valence-corrected chi connectivity index (χ2v) is 8.19. The normalized spacial score (nSPS) is 11.3. The largest absolute Gasteiger partial charge is 0.396 e. The summed E-state index contributed by atoms with van der Waals surface area (Å²) in [6.45, 7) is 5.07. The van der Waals surface area contributed by atoms with Gasteiger partial charge in [0, 0.05) is 6.61 Å². The van der Waals surface area contributed by atoms with Gasteiger partial charge in [0.2, 0.25) is 0 Å². The standard InChI is InChI=1S/C24H51NO/c1-2-3-22-25-23-20-18-16-14-12-10-8-6-4-5-7-9-11-13-15-17-19-21-24-26/h25-26H,2-24H2,1H3. The van der Waals surface area contributed by atoms with Gasteiger partial charge >= 0.3 is 0 Å². The Morgan fingerprint density at radius 2 is 0.731 bits per heavy atom. The summed E-state index contributed by atoms with van der Waals surface area (Å²) in [5.41, 5.74) is 0. The van der Waals surface area contributed by atoms with Crippen molar-refractivity contribution >= 4 is 0 Å². The van der Waals surface area contributed by atoms with Crippen LogP contribution >= 0.6 is 0 Å². The van der Waals surface area contributed by atoms with Crippen LogP contribution in [0.1, 0.15) is 135 Å². The Morgan fingerprint density at radius 3 is 1.08 bits per heavy atom. The van der Waals surface area contributed by atoms with Gasteiger partial charge in [0.05, 0.1) is 0 Å². The summed E-state index contributed by atoms with van der Waals surface area (Å²) < 4.78 is 0. The molecule has 0 aliphatic heterocycles. The Balaban J connectivity index is 2.95. The first-order valence-electron chi connectivity index (χ1n) is 12.2. The van der Waals surface area contributed by atoms with Crippen molar-refractivity contribution in [2.75, 3.05) is 19.7 Å². The average Bonchev–Trinajstić information content (AvgIpc) is 2.66. The van der Waals surface area contributed by atoms with Gasteiger partial charge in [-0.05, 0) is 32.4 Å². The molecule has 0 atom stereocenters. The van der Waals surface area contributed by atoms with Gasteiger partial charge in [-0.2, -0.15) is 0 Å². The maximum atomic E-state index is 8.73. The van der Waals surface area contributed by atoms with E-state index in [1.165, 1.54) is 135 Å². The number of hydrogen-bond donors (Lipinski definition) is 2. The van der Waals surface area contributed by atoms with E-state index >= 15 is 0 Å². The number of unbranched alkanes of at least 4 members (excludes halogenated alkanes) is 18. The van der Waals surface area contributed by atoms with Crippen LogP contribution in [0.5, 0.6) is 0 Å². The Kier molecular flexibility index (Phi) is 24.8.